The molecule has 198 valence electrons. The summed E-state index contributed by atoms with van der Waals surface area (Å²) < 4.78 is 31.5. The van der Waals surface area contributed by atoms with Crippen molar-refractivity contribution in [2.75, 3.05) is 11.9 Å². The Morgan fingerprint density at radius 3 is 2.51 bits per heavy atom. The molecule has 0 bridgehead atoms. The summed E-state index contributed by atoms with van der Waals surface area (Å²) in [5.74, 6) is 0.00701. The highest BCUT2D eigenvalue weighted by molar-refractivity contribution is 7.32. The fourth-order valence-corrected chi connectivity index (χ4v) is 5.75. The van der Waals surface area contributed by atoms with Gasteiger partial charge in [-0.3, -0.25) is 4.79 Å². The van der Waals surface area contributed by atoms with Crippen molar-refractivity contribution in [3.63, 3.8) is 0 Å². The van der Waals surface area contributed by atoms with Gasteiger partial charge in [0.25, 0.3) is 5.91 Å². The molecule has 1 saturated heterocycles. The van der Waals surface area contributed by atoms with Crippen molar-refractivity contribution in [1.29, 1.82) is 0 Å². The van der Waals surface area contributed by atoms with E-state index in [9.17, 15) is 19.4 Å². The van der Waals surface area contributed by atoms with Gasteiger partial charge in [-0.25, -0.2) is 9.97 Å². The van der Waals surface area contributed by atoms with Gasteiger partial charge in [-0.05, 0) is 36.3 Å². The van der Waals surface area contributed by atoms with E-state index in [0.29, 0.717) is 22.4 Å². The minimum absolute atomic E-state index is 0.170. The molecule has 0 radical (unpaired) electrons. The van der Waals surface area contributed by atoms with Crippen LogP contribution < -0.4 is 5.32 Å². The van der Waals surface area contributed by atoms with Gasteiger partial charge in [0.1, 0.15) is 30.0 Å². The molecule has 4 rings (SSSR count). The summed E-state index contributed by atoms with van der Waals surface area (Å²) >= 11 is 0. The lowest BCUT2D eigenvalue weighted by molar-refractivity contribution is -0.0484. The van der Waals surface area contributed by atoms with Crippen molar-refractivity contribution >= 4 is 39.3 Å². The Labute approximate surface area is 216 Å². The maximum absolute atomic E-state index is 12.7. The molecule has 13 heteroatoms. The van der Waals surface area contributed by atoms with Crippen LogP contribution in [0.15, 0.2) is 48.9 Å². The maximum Gasteiger partial charge on any atom is 0.695 e. The van der Waals surface area contributed by atoms with Crippen molar-refractivity contribution in [3.05, 3.63) is 54.5 Å². The average Bonchev–Trinajstić information content (AvgIpc) is 3.40. The summed E-state index contributed by atoms with van der Waals surface area (Å²) in [5, 5.41) is 13.2. The number of aliphatic hydroxyl groups excluding tert-OH is 1. The van der Waals surface area contributed by atoms with Crippen molar-refractivity contribution in [2.24, 2.45) is 0 Å². The number of amides is 1. The standard InChI is InChI=1S/C24H31N4O7PSi/c1-24(2,3)37(4,5)35-19-18(34-36(31)32)17(13-29)33-23(19)28-12-11-16-20(25-14-26-21(16)28)27-22(30)15-9-7-6-8-10-15/h6-12,14,17-19,23,29H,13H2,1-5H3,(H-,25,26,27,30,31,32)/p+1/t17-,18-,19-,23-/m1/s1. The van der Waals surface area contributed by atoms with Gasteiger partial charge >= 0.3 is 8.25 Å². The molecule has 3 N–H and O–H groups in total. The molecule has 1 fully saturated rings. The molecule has 1 aliphatic heterocycles. The summed E-state index contributed by atoms with van der Waals surface area (Å²) in [6.07, 6.45) is -0.467. The normalized spacial score (nSPS) is 22.8. The predicted molar refractivity (Wildman–Crippen MR) is 140 cm³/mol. The first-order valence-corrected chi connectivity index (χ1v) is 15.9. The van der Waals surface area contributed by atoms with Crippen molar-refractivity contribution in [3.8, 4) is 0 Å². The third-order valence-electron chi connectivity index (χ3n) is 6.97. The zero-order valence-electron chi connectivity index (χ0n) is 21.4. The molecule has 5 atom stereocenters. The van der Waals surface area contributed by atoms with Crippen LogP contribution in [0.1, 0.15) is 37.4 Å². The van der Waals surface area contributed by atoms with Crippen molar-refractivity contribution in [1.82, 2.24) is 14.5 Å². The van der Waals surface area contributed by atoms with Crippen LogP contribution in [0.3, 0.4) is 0 Å². The molecule has 37 heavy (non-hydrogen) atoms. The highest BCUT2D eigenvalue weighted by atomic mass is 31.1. The van der Waals surface area contributed by atoms with Gasteiger partial charge in [-0.15, -0.1) is 9.42 Å². The van der Waals surface area contributed by atoms with Gasteiger partial charge < -0.3 is 24.2 Å². The number of hydrogen-bond donors (Lipinski definition) is 3. The number of carbonyl (C=O) groups is 1. The molecule has 1 amide bonds. The second kappa shape index (κ2) is 10.7. The number of rotatable bonds is 8. The Balaban J connectivity index is 1.72. The number of ether oxygens (including phenoxy) is 1. The summed E-state index contributed by atoms with van der Waals surface area (Å²) in [6, 6.07) is 10.5. The SMILES string of the molecule is CC(C)(C)[Si](C)(C)O[C@@H]1[C@H](O[P+](=O)O)[C@@H](CO)O[C@H]1n1ccc2c(NC(=O)c3ccccc3)ncnc21. The first-order valence-electron chi connectivity index (χ1n) is 11.9. The van der Waals surface area contributed by atoms with Crippen LogP contribution in [0.5, 0.6) is 0 Å². The molecule has 11 nitrogen and oxygen atoms in total. The van der Waals surface area contributed by atoms with Gasteiger partial charge in [0, 0.05) is 16.3 Å². The summed E-state index contributed by atoms with van der Waals surface area (Å²) in [4.78, 5) is 30.9. The first kappa shape index (κ1) is 27.5. The Bertz CT molecular complexity index is 1280. The third-order valence-corrected chi connectivity index (χ3v) is 11.9. The summed E-state index contributed by atoms with van der Waals surface area (Å²) in [5.41, 5.74) is 0.942. The molecular formula is C24H32N4O7PSi+. The third kappa shape index (κ3) is 5.65. The van der Waals surface area contributed by atoms with E-state index in [-0.39, 0.29) is 10.9 Å². The van der Waals surface area contributed by atoms with E-state index in [2.05, 4.69) is 49.1 Å². The number of anilines is 1. The smallest absolute Gasteiger partial charge is 0.406 e. The van der Waals surface area contributed by atoms with Gasteiger partial charge in [0.15, 0.2) is 20.6 Å². The zero-order chi connectivity index (χ0) is 27.0. The fraction of sp³-hybridized carbons (Fsp3) is 0.458. The number of fused-ring (bicyclic) bond motifs is 1. The molecule has 3 aromatic rings. The average molecular weight is 548 g/mol. The van der Waals surface area contributed by atoms with E-state index < -0.39 is 47.7 Å². The molecule has 3 heterocycles. The predicted octanol–water partition coefficient (Wildman–Crippen LogP) is 4.00. The van der Waals surface area contributed by atoms with Crippen LogP contribution in [0, 0.1) is 0 Å². The first-order chi connectivity index (χ1) is 17.4. The summed E-state index contributed by atoms with van der Waals surface area (Å²) in [6.45, 7) is 9.91. The van der Waals surface area contributed by atoms with E-state index in [0.717, 1.165) is 0 Å². The lowest BCUT2D eigenvalue weighted by Gasteiger charge is -2.40. The van der Waals surface area contributed by atoms with Crippen molar-refractivity contribution < 1.29 is 33.0 Å². The molecular weight excluding hydrogens is 515 g/mol. The van der Waals surface area contributed by atoms with Crippen LogP contribution in [0.2, 0.25) is 18.1 Å². The van der Waals surface area contributed by atoms with Crippen LogP contribution in [0.4, 0.5) is 5.82 Å². The van der Waals surface area contributed by atoms with E-state index >= 15 is 0 Å². The van der Waals surface area contributed by atoms with E-state index in [1.807, 2.05) is 6.07 Å². The lowest BCUT2D eigenvalue weighted by atomic mass is 10.1. The lowest BCUT2D eigenvalue weighted by Crippen LogP contribution is -2.49. The number of aromatic nitrogens is 3. The van der Waals surface area contributed by atoms with E-state index in [1.165, 1.54) is 6.33 Å². The number of aliphatic hydroxyl groups is 1. The minimum Gasteiger partial charge on any atom is -0.406 e. The van der Waals surface area contributed by atoms with Gasteiger partial charge in [0.05, 0.1) is 12.0 Å². The van der Waals surface area contributed by atoms with Gasteiger partial charge in [-0.1, -0.05) is 39.0 Å². The number of carbonyl (C=O) groups excluding carboxylic acids is 1. The van der Waals surface area contributed by atoms with E-state index in [1.54, 1.807) is 41.1 Å². The van der Waals surface area contributed by atoms with Gasteiger partial charge in [0.2, 0.25) is 0 Å². The zero-order valence-corrected chi connectivity index (χ0v) is 23.3. The minimum atomic E-state index is -2.98. The molecule has 1 unspecified atom stereocenters. The quantitative estimate of drug-likeness (QED) is 0.281. The number of nitrogens with one attached hydrogen (secondary N) is 1. The number of benzene rings is 1. The van der Waals surface area contributed by atoms with Crippen LogP contribution in [-0.4, -0.2) is 63.7 Å². The van der Waals surface area contributed by atoms with Gasteiger partial charge in [-0.2, -0.15) is 0 Å². The highest BCUT2D eigenvalue weighted by Crippen LogP contribution is 2.44. The molecule has 2 aromatic heterocycles. The Morgan fingerprint density at radius 2 is 1.89 bits per heavy atom. The molecule has 0 spiro atoms. The summed E-state index contributed by atoms with van der Waals surface area (Å²) in [7, 11) is -5.39. The maximum atomic E-state index is 12.7. The fourth-order valence-electron chi connectivity index (χ4n) is 4.00. The Hall–Kier alpha value is -2.57. The molecule has 1 aromatic carbocycles. The largest absolute Gasteiger partial charge is 0.695 e. The molecule has 0 saturated carbocycles. The Kier molecular flexibility index (Phi) is 7.91. The number of hydrogen-bond acceptors (Lipinski definition) is 8. The van der Waals surface area contributed by atoms with Crippen molar-refractivity contribution in [2.45, 2.75) is 63.4 Å². The molecule has 1 aliphatic rings. The molecule has 0 aliphatic carbocycles. The highest BCUT2D eigenvalue weighted by Gasteiger charge is 2.54. The number of nitrogens with zero attached hydrogens (tertiary/aromatic N) is 3. The second-order valence-corrected chi connectivity index (χ2v) is 15.8. The van der Waals surface area contributed by atoms with Crippen LogP contribution in [0.25, 0.3) is 11.0 Å². The van der Waals surface area contributed by atoms with Crippen LogP contribution in [-0.2, 0) is 18.3 Å². The second-order valence-electron chi connectivity index (χ2n) is 10.4. The topological polar surface area (TPSA) is 145 Å². The van der Waals surface area contributed by atoms with Crippen LogP contribution >= 0.6 is 8.25 Å². The monoisotopic (exact) mass is 547 g/mol. The Morgan fingerprint density at radius 1 is 1.19 bits per heavy atom. The van der Waals surface area contributed by atoms with E-state index in [4.69, 9.17) is 13.7 Å².